The van der Waals surface area contributed by atoms with Crippen LogP contribution in [0.5, 0.6) is 0 Å². The molecule has 3 aliphatic rings. The second-order valence-corrected chi connectivity index (χ2v) is 12.2. The quantitative estimate of drug-likeness (QED) is 0.532. The number of anilines is 3. The molecular formula is C29H42ClN7O2. The number of fused-ring (bicyclic) bond motifs is 2. The molecule has 2 N–H and O–H groups in total. The van der Waals surface area contributed by atoms with Crippen molar-refractivity contribution >= 4 is 40.7 Å². The lowest BCUT2D eigenvalue weighted by molar-refractivity contribution is -0.123. The van der Waals surface area contributed by atoms with Gasteiger partial charge in [-0.1, -0.05) is 25.4 Å². The zero-order chi connectivity index (χ0) is 27.5. The van der Waals surface area contributed by atoms with Gasteiger partial charge in [0.2, 0.25) is 5.91 Å². The van der Waals surface area contributed by atoms with Gasteiger partial charge in [0.15, 0.2) is 0 Å². The fourth-order valence-corrected chi connectivity index (χ4v) is 6.15. The molecule has 3 amide bonds. The van der Waals surface area contributed by atoms with E-state index < -0.39 is 0 Å². The summed E-state index contributed by atoms with van der Waals surface area (Å²) in [6.45, 7) is 10.3. The van der Waals surface area contributed by atoms with Gasteiger partial charge in [-0.05, 0) is 68.7 Å². The fraction of sp³-hybridized carbons (Fsp3) is 0.621. The molecule has 0 atom stereocenters. The number of nitrogens with one attached hydrogen (secondary N) is 2. The van der Waals surface area contributed by atoms with Gasteiger partial charge in [-0.3, -0.25) is 14.4 Å². The van der Waals surface area contributed by atoms with Crippen molar-refractivity contribution in [2.24, 2.45) is 24.8 Å². The van der Waals surface area contributed by atoms with Crippen LogP contribution in [0.25, 0.3) is 0 Å². The Hall–Kier alpha value is -2.78. The highest BCUT2D eigenvalue weighted by Crippen LogP contribution is 2.39. The third kappa shape index (κ3) is 6.52. The second-order valence-electron chi connectivity index (χ2n) is 11.8. The molecule has 0 spiro atoms. The van der Waals surface area contributed by atoms with Gasteiger partial charge in [0.05, 0.1) is 24.1 Å². The van der Waals surface area contributed by atoms with Crippen molar-refractivity contribution in [2.45, 2.75) is 52.5 Å². The molecule has 2 aromatic rings. The zero-order valence-corrected chi connectivity index (χ0v) is 24.2. The van der Waals surface area contributed by atoms with E-state index in [0.29, 0.717) is 29.9 Å². The maximum Gasteiger partial charge on any atom is 0.317 e. The van der Waals surface area contributed by atoms with Crippen LogP contribution in [-0.2, 0) is 18.4 Å². The first-order chi connectivity index (χ1) is 18.8. The molecule has 39 heavy (non-hydrogen) atoms. The van der Waals surface area contributed by atoms with Crippen LogP contribution in [0, 0.1) is 17.8 Å². The molecule has 0 unspecified atom stereocenters. The van der Waals surface area contributed by atoms with Crippen molar-refractivity contribution in [2.75, 3.05) is 49.5 Å². The molecule has 212 valence electrons. The Morgan fingerprint density at radius 1 is 1.13 bits per heavy atom. The van der Waals surface area contributed by atoms with Gasteiger partial charge in [-0.25, -0.2) is 4.79 Å². The number of carbonyl (C=O) groups is 2. The second kappa shape index (κ2) is 12.2. The lowest BCUT2D eigenvalue weighted by Gasteiger charge is -2.36. The number of urea groups is 1. The van der Waals surface area contributed by atoms with Crippen LogP contribution in [0.1, 0.15) is 51.5 Å². The van der Waals surface area contributed by atoms with Crippen molar-refractivity contribution in [3.8, 4) is 0 Å². The van der Waals surface area contributed by atoms with Crippen LogP contribution >= 0.6 is 11.6 Å². The number of aromatic nitrogens is 2. The topological polar surface area (TPSA) is 85.7 Å². The molecule has 5 rings (SSSR count). The van der Waals surface area contributed by atoms with Gasteiger partial charge in [-0.2, -0.15) is 5.10 Å². The molecule has 0 radical (unpaired) electrons. The number of carbonyl (C=O) groups excluding carboxylic acids is 2. The highest BCUT2D eigenvalue weighted by Gasteiger charge is 2.33. The summed E-state index contributed by atoms with van der Waals surface area (Å²) in [6.07, 6.45) is 6.58. The van der Waals surface area contributed by atoms with Crippen LogP contribution in [0.15, 0.2) is 24.4 Å². The van der Waals surface area contributed by atoms with Gasteiger partial charge in [0.1, 0.15) is 5.82 Å². The molecule has 0 bridgehead atoms. The average Bonchev–Trinajstić information content (AvgIpc) is 3.18. The van der Waals surface area contributed by atoms with Crippen LogP contribution < -0.4 is 15.5 Å². The van der Waals surface area contributed by atoms with E-state index in [4.69, 9.17) is 11.6 Å². The average molecular weight is 556 g/mol. The van der Waals surface area contributed by atoms with Gasteiger partial charge < -0.3 is 20.4 Å². The van der Waals surface area contributed by atoms with Gasteiger partial charge in [0, 0.05) is 56.3 Å². The number of rotatable bonds is 6. The Morgan fingerprint density at radius 2 is 1.87 bits per heavy atom. The monoisotopic (exact) mass is 555 g/mol. The summed E-state index contributed by atoms with van der Waals surface area (Å²) in [7, 11) is 1.89. The van der Waals surface area contributed by atoms with Crippen molar-refractivity contribution in [1.29, 1.82) is 0 Å². The van der Waals surface area contributed by atoms with E-state index in [2.05, 4.69) is 34.5 Å². The number of hydrogen-bond acceptors (Lipinski definition) is 5. The third-order valence-electron chi connectivity index (χ3n) is 8.53. The smallest absolute Gasteiger partial charge is 0.317 e. The highest BCUT2D eigenvalue weighted by molar-refractivity contribution is 6.31. The summed E-state index contributed by atoms with van der Waals surface area (Å²) >= 11 is 6.29. The molecule has 2 fully saturated rings. The summed E-state index contributed by atoms with van der Waals surface area (Å²) < 4.78 is 1.79. The van der Waals surface area contributed by atoms with E-state index in [1.807, 2.05) is 41.2 Å². The molecule has 1 saturated heterocycles. The van der Waals surface area contributed by atoms with E-state index in [0.717, 1.165) is 81.2 Å². The Bertz CT molecular complexity index is 1170. The van der Waals surface area contributed by atoms with Gasteiger partial charge in [-0.15, -0.1) is 0 Å². The predicted octanol–water partition coefficient (Wildman–Crippen LogP) is 4.84. The van der Waals surface area contributed by atoms with Crippen molar-refractivity contribution < 1.29 is 9.59 Å². The first-order valence-electron chi connectivity index (χ1n) is 14.4. The lowest BCUT2D eigenvalue weighted by Crippen LogP contribution is -2.52. The number of benzene rings is 1. The van der Waals surface area contributed by atoms with E-state index in [-0.39, 0.29) is 17.9 Å². The van der Waals surface area contributed by atoms with Gasteiger partial charge in [0.25, 0.3) is 0 Å². The normalized spacial score (nSPS) is 21.7. The lowest BCUT2D eigenvalue weighted by atomic mass is 9.81. The van der Waals surface area contributed by atoms with Crippen molar-refractivity contribution in [1.82, 2.24) is 24.9 Å². The SMILES string of the molecule is CC(C)CCN1CCN(C(=O)NCC2CCC(C(=O)N3Cc4cnn(C)c4Nc4cc(Cl)ccc43)CC2)CC1. The summed E-state index contributed by atoms with van der Waals surface area (Å²) in [6, 6.07) is 5.68. The largest absolute Gasteiger partial charge is 0.338 e. The van der Waals surface area contributed by atoms with Crippen LogP contribution in [0.4, 0.5) is 22.0 Å². The summed E-state index contributed by atoms with van der Waals surface area (Å²) in [4.78, 5) is 32.9. The van der Waals surface area contributed by atoms with Crippen LogP contribution in [0.3, 0.4) is 0 Å². The van der Waals surface area contributed by atoms with E-state index in [9.17, 15) is 9.59 Å². The number of piperazine rings is 1. The summed E-state index contributed by atoms with van der Waals surface area (Å²) in [5, 5.41) is 11.6. The van der Waals surface area contributed by atoms with Gasteiger partial charge >= 0.3 is 6.03 Å². The maximum atomic E-state index is 13.8. The minimum atomic E-state index is -0.0300. The molecular weight excluding hydrogens is 514 g/mol. The fourth-order valence-electron chi connectivity index (χ4n) is 5.98. The van der Waals surface area contributed by atoms with E-state index in [1.54, 1.807) is 4.68 Å². The molecule has 1 aliphatic carbocycles. The molecule has 2 aliphatic heterocycles. The number of nitrogens with zero attached hydrogens (tertiary/aromatic N) is 5. The van der Waals surface area contributed by atoms with Crippen LogP contribution in [-0.4, -0.2) is 70.8 Å². The molecule has 3 heterocycles. The predicted molar refractivity (Wildman–Crippen MR) is 155 cm³/mol. The van der Waals surface area contributed by atoms with Crippen molar-refractivity contribution in [3.05, 3.63) is 35.0 Å². The summed E-state index contributed by atoms with van der Waals surface area (Å²) in [5.41, 5.74) is 2.64. The minimum absolute atomic E-state index is 0.0300. The molecule has 1 aromatic heterocycles. The number of hydrogen-bond donors (Lipinski definition) is 2. The summed E-state index contributed by atoms with van der Waals surface area (Å²) in [5.74, 6) is 2.12. The molecule has 1 aromatic carbocycles. The Morgan fingerprint density at radius 3 is 2.59 bits per heavy atom. The number of amides is 3. The standard InChI is InChI=1S/C29H42ClN7O2/c1-20(2)10-11-35-12-14-36(15-13-35)29(39)31-17-21-4-6-22(7-5-21)28(38)37-19-23-18-32-34(3)27(23)33-25-16-24(30)8-9-26(25)37/h8-9,16,18,20-22,33H,4-7,10-15,17,19H2,1-3H3,(H,31,39). The number of aryl methyl sites for hydroxylation is 1. The van der Waals surface area contributed by atoms with Crippen molar-refractivity contribution in [3.63, 3.8) is 0 Å². The Balaban J connectivity index is 1.12. The molecule has 9 nitrogen and oxygen atoms in total. The maximum absolute atomic E-state index is 13.8. The Kier molecular flexibility index (Phi) is 8.67. The number of halogens is 1. The molecule has 10 heteroatoms. The molecule has 1 saturated carbocycles. The first-order valence-corrected chi connectivity index (χ1v) is 14.8. The van der Waals surface area contributed by atoms with E-state index >= 15 is 0 Å². The highest BCUT2D eigenvalue weighted by atomic mass is 35.5. The first kappa shape index (κ1) is 27.8. The zero-order valence-electron chi connectivity index (χ0n) is 23.5. The minimum Gasteiger partial charge on any atom is -0.338 e. The Labute approximate surface area is 236 Å². The third-order valence-corrected chi connectivity index (χ3v) is 8.77. The van der Waals surface area contributed by atoms with Crippen LogP contribution in [0.2, 0.25) is 5.02 Å². The van der Waals surface area contributed by atoms with E-state index in [1.165, 1.54) is 6.42 Å².